The average Bonchev–Trinajstić information content (AvgIpc) is 3.14. The SMILES string of the molecule is CCCCCCCCc1ccc(C(=O)N2CCC(NC(=O)OC(C)(C)C)(C(=O)O)C2)cc1. The van der Waals surface area contributed by atoms with Gasteiger partial charge in [0.2, 0.25) is 0 Å². The molecule has 1 aliphatic rings. The van der Waals surface area contributed by atoms with E-state index in [0.717, 1.165) is 12.8 Å². The standard InChI is InChI=1S/C25H38N2O5/c1-5-6-7-8-9-10-11-19-12-14-20(15-13-19)21(28)27-17-16-25(18-27,22(29)30)26-23(31)32-24(2,3)4/h12-15H,5-11,16-18H2,1-4H3,(H,26,31)(H,29,30). The molecule has 1 fully saturated rings. The number of aryl methyl sites for hydroxylation is 1. The third kappa shape index (κ3) is 7.53. The number of amides is 2. The van der Waals surface area contributed by atoms with Crippen LogP contribution < -0.4 is 5.32 Å². The molecule has 178 valence electrons. The summed E-state index contributed by atoms with van der Waals surface area (Å²) in [6.45, 7) is 7.49. The smallest absolute Gasteiger partial charge is 0.408 e. The first-order valence-electron chi connectivity index (χ1n) is 11.7. The van der Waals surface area contributed by atoms with Crippen molar-refractivity contribution in [3.63, 3.8) is 0 Å². The Balaban J connectivity index is 1.92. The van der Waals surface area contributed by atoms with Crippen molar-refractivity contribution >= 4 is 18.0 Å². The van der Waals surface area contributed by atoms with Crippen LogP contribution in [0.15, 0.2) is 24.3 Å². The summed E-state index contributed by atoms with van der Waals surface area (Å²) in [7, 11) is 0. The molecule has 1 unspecified atom stereocenters. The zero-order chi connectivity index (χ0) is 23.8. The van der Waals surface area contributed by atoms with Crippen molar-refractivity contribution in [1.29, 1.82) is 0 Å². The normalized spacial score (nSPS) is 18.4. The molecule has 2 amide bonds. The van der Waals surface area contributed by atoms with E-state index in [9.17, 15) is 19.5 Å². The molecule has 7 nitrogen and oxygen atoms in total. The maximum atomic E-state index is 12.9. The molecule has 7 heteroatoms. The van der Waals surface area contributed by atoms with Crippen LogP contribution in [0.5, 0.6) is 0 Å². The molecule has 1 aliphatic heterocycles. The average molecular weight is 447 g/mol. The van der Waals surface area contributed by atoms with Gasteiger partial charge in [0.25, 0.3) is 5.91 Å². The molecule has 0 bridgehead atoms. The fourth-order valence-corrected chi connectivity index (χ4v) is 3.92. The van der Waals surface area contributed by atoms with Gasteiger partial charge in [0.05, 0.1) is 6.54 Å². The minimum Gasteiger partial charge on any atom is -0.479 e. The summed E-state index contributed by atoms with van der Waals surface area (Å²) in [5.41, 5.74) is -0.565. The van der Waals surface area contributed by atoms with Gasteiger partial charge in [0.1, 0.15) is 5.60 Å². The molecule has 0 aromatic heterocycles. The number of nitrogens with one attached hydrogen (secondary N) is 1. The molecule has 2 N–H and O–H groups in total. The quantitative estimate of drug-likeness (QED) is 0.504. The van der Waals surface area contributed by atoms with Gasteiger partial charge in [0, 0.05) is 18.5 Å². The Morgan fingerprint density at radius 2 is 1.69 bits per heavy atom. The second kappa shape index (κ2) is 11.3. The van der Waals surface area contributed by atoms with Crippen LogP contribution in [0.2, 0.25) is 0 Å². The van der Waals surface area contributed by atoms with Gasteiger partial charge in [-0.1, -0.05) is 51.2 Å². The number of rotatable bonds is 10. The number of carboxylic acid groups (broad SMARTS) is 1. The third-order valence-electron chi connectivity index (χ3n) is 5.73. The van der Waals surface area contributed by atoms with E-state index in [2.05, 4.69) is 12.2 Å². The first-order chi connectivity index (χ1) is 15.1. The number of aliphatic carboxylic acids is 1. The van der Waals surface area contributed by atoms with Crippen LogP contribution in [0.25, 0.3) is 0 Å². The van der Waals surface area contributed by atoms with E-state index >= 15 is 0 Å². The molecule has 0 aliphatic carbocycles. The number of hydrogen-bond acceptors (Lipinski definition) is 4. The predicted octanol–water partition coefficient (Wildman–Crippen LogP) is 4.78. The van der Waals surface area contributed by atoms with Gasteiger partial charge in [-0.3, -0.25) is 4.79 Å². The number of alkyl carbamates (subject to hydrolysis) is 1. The molecule has 1 aromatic rings. The zero-order valence-electron chi connectivity index (χ0n) is 19.9. The second-order valence-electron chi connectivity index (χ2n) is 9.71. The molecule has 1 heterocycles. The van der Waals surface area contributed by atoms with Crippen molar-refractivity contribution in [2.75, 3.05) is 13.1 Å². The van der Waals surface area contributed by atoms with Crippen molar-refractivity contribution in [3.8, 4) is 0 Å². The van der Waals surface area contributed by atoms with Gasteiger partial charge in [-0.25, -0.2) is 9.59 Å². The summed E-state index contributed by atoms with van der Waals surface area (Å²) in [6, 6.07) is 7.55. The molecule has 1 saturated heterocycles. The molecule has 1 atom stereocenters. The summed E-state index contributed by atoms with van der Waals surface area (Å²) in [4.78, 5) is 38.5. The lowest BCUT2D eigenvalue weighted by molar-refractivity contribution is -0.144. The fraction of sp³-hybridized carbons (Fsp3) is 0.640. The Morgan fingerprint density at radius 3 is 2.28 bits per heavy atom. The summed E-state index contributed by atoms with van der Waals surface area (Å²) in [5.74, 6) is -1.40. The van der Waals surface area contributed by atoms with E-state index in [-0.39, 0.29) is 25.4 Å². The monoisotopic (exact) mass is 446 g/mol. The number of unbranched alkanes of at least 4 members (excludes halogenated alkanes) is 5. The number of carbonyl (C=O) groups excluding carboxylic acids is 2. The van der Waals surface area contributed by atoms with E-state index in [4.69, 9.17) is 4.74 Å². The maximum absolute atomic E-state index is 12.9. The van der Waals surface area contributed by atoms with Crippen LogP contribution in [0.4, 0.5) is 4.79 Å². The summed E-state index contributed by atoms with van der Waals surface area (Å²) in [6.07, 6.45) is 7.78. The van der Waals surface area contributed by atoms with E-state index in [1.807, 2.05) is 12.1 Å². The second-order valence-corrected chi connectivity index (χ2v) is 9.71. The van der Waals surface area contributed by atoms with E-state index in [1.165, 1.54) is 42.6 Å². The molecule has 0 saturated carbocycles. The Bertz CT molecular complexity index is 785. The largest absolute Gasteiger partial charge is 0.479 e. The molecule has 2 rings (SSSR count). The molecule has 0 spiro atoms. The number of likely N-dealkylation sites (tertiary alicyclic amines) is 1. The fourth-order valence-electron chi connectivity index (χ4n) is 3.92. The van der Waals surface area contributed by atoms with Crippen LogP contribution in [-0.2, 0) is 16.0 Å². The topological polar surface area (TPSA) is 95.9 Å². The van der Waals surface area contributed by atoms with Crippen molar-refractivity contribution in [2.24, 2.45) is 0 Å². The van der Waals surface area contributed by atoms with Crippen LogP contribution in [-0.4, -0.2) is 52.2 Å². The zero-order valence-corrected chi connectivity index (χ0v) is 19.9. The Labute approximate surface area is 191 Å². The predicted molar refractivity (Wildman–Crippen MR) is 124 cm³/mol. The molecule has 32 heavy (non-hydrogen) atoms. The number of carbonyl (C=O) groups is 3. The summed E-state index contributed by atoms with van der Waals surface area (Å²) < 4.78 is 5.21. The van der Waals surface area contributed by atoms with Gasteiger partial charge < -0.3 is 20.1 Å². The first kappa shape index (κ1) is 25.7. The van der Waals surface area contributed by atoms with E-state index in [0.29, 0.717) is 5.56 Å². The summed E-state index contributed by atoms with van der Waals surface area (Å²) >= 11 is 0. The van der Waals surface area contributed by atoms with Gasteiger partial charge in [-0.05, 0) is 51.3 Å². The van der Waals surface area contributed by atoms with Crippen LogP contribution >= 0.6 is 0 Å². The lowest BCUT2D eigenvalue weighted by Gasteiger charge is -2.28. The number of nitrogens with zero attached hydrogens (tertiary/aromatic N) is 1. The highest BCUT2D eigenvalue weighted by Crippen LogP contribution is 2.25. The number of benzene rings is 1. The minimum absolute atomic E-state index is 0.0973. The van der Waals surface area contributed by atoms with E-state index < -0.39 is 23.2 Å². The number of ether oxygens (including phenoxy) is 1. The van der Waals surface area contributed by atoms with Gasteiger partial charge in [-0.2, -0.15) is 0 Å². The lowest BCUT2D eigenvalue weighted by Crippen LogP contribution is -2.57. The van der Waals surface area contributed by atoms with Crippen LogP contribution in [0, 0.1) is 0 Å². The molecular formula is C25H38N2O5. The third-order valence-corrected chi connectivity index (χ3v) is 5.73. The van der Waals surface area contributed by atoms with Gasteiger partial charge in [0.15, 0.2) is 5.54 Å². The summed E-state index contributed by atoms with van der Waals surface area (Å²) in [5, 5.41) is 12.2. The van der Waals surface area contributed by atoms with Crippen LogP contribution in [0.1, 0.15) is 88.6 Å². The van der Waals surface area contributed by atoms with Crippen molar-refractivity contribution < 1.29 is 24.2 Å². The first-order valence-corrected chi connectivity index (χ1v) is 11.7. The number of hydrogen-bond donors (Lipinski definition) is 2. The highest BCUT2D eigenvalue weighted by atomic mass is 16.6. The van der Waals surface area contributed by atoms with Crippen molar-refractivity contribution in [3.05, 3.63) is 35.4 Å². The Hall–Kier alpha value is -2.57. The van der Waals surface area contributed by atoms with Crippen molar-refractivity contribution in [1.82, 2.24) is 10.2 Å². The molecular weight excluding hydrogens is 408 g/mol. The van der Waals surface area contributed by atoms with Crippen LogP contribution in [0.3, 0.4) is 0 Å². The lowest BCUT2D eigenvalue weighted by atomic mass is 9.99. The molecule has 0 radical (unpaired) electrons. The Kier molecular flexibility index (Phi) is 9.10. The minimum atomic E-state index is -1.55. The Morgan fingerprint density at radius 1 is 1.06 bits per heavy atom. The van der Waals surface area contributed by atoms with E-state index in [1.54, 1.807) is 32.9 Å². The highest BCUT2D eigenvalue weighted by Gasteiger charge is 2.48. The number of carboxylic acids is 1. The molecule has 1 aromatic carbocycles. The van der Waals surface area contributed by atoms with Gasteiger partial charge in [-0.15, -0.1) is 0 Å². The van der Waals surface area contributed by atoms with Gasteiger partial charge >= 0.3 is 12.1 Å². The van der Waals surface area contributed by atoms with Crippen molar-refractivity contribution in [2.45, 2.75) is 90.2 Å². The maximum Gasteiger partial charge on any atom is 0.408 e. The highest BCUT2D eigenvalue weighted by molar-refractivity contribution is 5.96.